The SMILES string of the molecule is CNCC(CC1CCCC1)C(C)(C)C. The van der Waals surface area contributed by atoms with Gasteiger partial charge in [-0.05, 0) is 37.3 Å². The van der Waals surface area contributed by atoms with Gasteiger partial charge in [0.2, 0.25) is 0 Å². The average molecular weight is 197 g/mol. The van der Waals surface area contributed by atoms with E-state index in [4.69, 9.17) is 0 Å². The topological polar surface area (TPSA) is 12.0 Å². The molecule has 0 amide bonds. The van der Waals surface area contributed by atoms with Gasteiger partial charge in [0.05, 0.1) is 0 Å². The van der Waals surface area contributed by atoms with Gasteiger partial charge in [0.15, 0.2) is 0 Å². The molecular weight excluding hydrogens is 170 g/mol. The van der Waals surface area contributed by atoms with Gasteiger partial charge >= 0.3 is 0 Å². The molecular formula is C13H27N. The first-order chi connectivity index (χ1) is 6.54. The van der Waals surface area contributed by atoms with E-state index in [2.05, 4.69) is 33.1 Å². The fraction of sp³-hybridized carbons (Fsp3) is 1.00. The fourth-order valence-electron chi connectivity index (χ4n) is 2.64. The number of hydrogen-bond acceptors (Lipinski definition) is 1. The summed E-state index contributed by atoms with van der Waals surface area (Å²) in [6.07, 6.45) is 7.35. The first-order valence-corrected chi connectivity index (χ1v) is 6.18. The summed E-state index contributed by atoms with van der Waals surface area (Å²) in [6, 6.07) is 0. The summed E-state index contributed by atoms with van der Waals surface area (Å²) < 4.78 is 0. The number of hydrogen-bond donors (Lipinski definition) is 1. The van der Waals surface area contributed by atoms with Gasteiger partial charge < -0.3 is 5.32 Å². The molecule has 1 aliphatic rings. The molecule has 1 nitrogen and oxygen atoms in total. The Bertz CT molecular complexity index is 151. The molecule has 0 saturated heterocycles. The van der Waals surface area contributed by atoms with Crippen molar-refractivity contribution in [1.29, 1.82) is 0 Å². The van der Waals surface area contributed by atoms with Crippen LogP contribution in [-0.2, 0) is 0 Å². The van der Waals surface area contributed by atoms with E-state index in [1.807, 2.05) is 0 Å². The smallest absolute Gasteiger partial charge is 0.00184 e. The van der Waals surface area contributed by atoms with E-state index in [0.717, 1.165) is 11.8 Å². The van der Waals surface area contributed by atoms with Crippen molar-refractivity contribution in [2.45, 2.75) is 52.9 Å². The zero-order chi connectivity index (χ0) is 10.6. The lowest BCUT2D eigenvalue weighted by Gasteiger charge is -2.32. The van der Waals surface area contributed by atoms with Gasteiger partial charge in [-0.25, -0.2) is 0 Å². The Morgan fingerprint density at radius 3 is 2.21 bits per heavy atom. The molecule has 1 unspecified atom stereocenters. The summed E-state index contributed by atoms with van der Waals surface area (Å²) in [5.74, 6) is 1.86. The normalized spacial score (nSPS) is 21.4. The Labute approximate surface area is 89.7 Å². The van der Waals surface area contributed by atoms with Crippen molar-refractivity contribution in [1.82, 2.24) is 5.32 Å². The second-order valence-corrected chi connectivity index (χ2v) is 6.01. The third-order valence-corrected chi connectivity index (χ3v) is 3.77. The Morgan fingerprint density at radius 1 is 1.21 bits per heavy atom. The van der Waals surface area contributed by atoms with Gasteiger partial charge in [-0.15, -0.1) is 0 Å². The lowest BCUT2D eigenvalue weighted by Crippen LogP contribution is -2.31. The second kappa shape index (κ2) is 5.16. The van der Waals surface area contributed by atoms with Crippen molar-refractivity contribution in [3.63, 3.8) is 0 Å². The standard InChI is InChI=1S/C13H27N/c1-13(2,3)12(10-14-4)9-11-7-5-6-8-11/h11-12,14H,5-10H2,1-4H3. The molecule has 0 aromatic heterocycles. The number of nitrogens with one attached hydrogen (secondary N) is 1. The molecule has 0 radical (unpaired) electrons. The van der Waals surface area contributed by atoms with E-state index >= 15 is 0 Å². The van der Waals surface area contributed by atoms with Crippen LogP contribution in [0.15, 0.2) is 0 Å². The molecule has 1 rings (SSSR count). The van der Waals surface area contributed by atoms with Crippen LogP contribution in [0.2, 0.25) is 0 Å². The van der Waals surface area contributed by atoms with Gasteiger partial charge in [-0.2, -0.15) is 0 Å². The summed E-state index contributed by atoms with van der Waals surface area (Å²) in [5, 5.41) is 3.35. The van der Waals surface area contributed by atoms with Crippen LogP contribution in [0, 0.1) is 17.3 Å². The molecule has 1 N–H and O–H groups in total. The predicted octanol–water partition coefficient (Wildman–Crippen LogP) is 3.45. The van der Waals surface area contributed by atoms with Gasteiger partial charge in [-0.3, -0.25) is 0 Å². The van der Waals surface area contributed by atoms with Gasteiger partial charge in [0, 0.05) is 0 Å². The van der Waals surface area contributed by atoms with Gasteiger partial charge in [0.1, 0.15) is 0 Å². The molecule has 84 valence electrons. The highest BCUT2D eigenvalue weighted by Crippen LogP contribution is 2.36. The predicted molar refractivity (Wildman–Crippen MR) is 63.4 cm³/mol. The van der Waals surface area contributed by atoms with Crippen LogP contribution >= 0.6 is 0 Å². The Hall–Kier alpha value is -0.0400. The van der Waals surface area contributed by atoms with Gasteiger partial charge in [0.25, 0.3) is 0 Å². The molecule has 1 saturated carbocycles. The largest absolute Gasteiger partial charge is 0.319 e. The Morgan fingerprint density at radius 2 is 1.79 bits per heavy atom. The van der Waals surface area contributed by atoms with Gasteiger partial charge in [-0.1, -0.05) is 46.5 Å². The molecule has 1 fully saturated rings. The molecule has 0 spiro atoms. The van der Waals surface area contributed by atoms with E-state index in [-0.39, 0.29) is 0 Å². The quantitative estimate of drug-likeness (QED) is 0.728. The fourth-order valence-corrected chi connectivity index (χ4v) is 2.64. The van der Waals surface area contributed by atoms with Crippen LogP contribution < -0.4 is 5.32 Å². The highest BCUT2D eigenvalue weighted by atomic mass is 14.8. The van der Waals surface area contributed by atoms with E-state index in [1.165, 1.54) is 38.6 Å². The summed E-state index contributed by atoms with van der Waals surface area (Å²) >= 11 is 0. The van der Waals surface area contributed by atoms with Crippen LogP contribution in [0.3, 0.4) is 0 Å². The highest BCUT2D eigenvalue weighted by Gasteiger charge is 2.27. The summed E-state index contributed by atoms with van der Waals surface area (Å²) in [7, 11) is 2.08. The first-order valence-electron chi connectivity index (χ1n) is 6.18. The molecule has 0 aromatic carbocycles. The zero-order valence-electron chi connectivity index (χ0n) is 10.4. The molecule has 0 heterocycles. The second-order valence-electron chi connectivity index (χ2n) is 6.01. The van der Waals surface area contributed by atoms with Crippen molar-refractivity contribution in [3.05, 3.63) is 0 Å². The third-order valence-electron chi connectivity index (χ3n) is 3.77. The third kappa shape index (κ3) is 3.61. The van der Waals surface area contributed by atoms with Crippen molar-refractivity contribution < 1.29 is 0 Å². The summed E-state index contributed by atoms with van der Waals surface area (Å²) in [6.45, 7) is 8.32. The molecule has 0 aliphatic heterocycles. The zero-order valence-corrected chi connectivity index (χ0v) is 10.4. The minimum Gasteiger partial charge on any atom is -0.319 e. The Kier molecular flexibility index (Phi) is 4.43. The maximum atomic E-state index is 3.35. The summed E-state index contributed by atoms with van der Waals surface area (Å²) in [4.78, 5) is 0. The number of rotatable bonds is 4. The Balaban J connectivity index is 2.41. The van der Waals surface area contributed by atoms with E-state index < -0.39 is 0 Å². The van der Waals surface area contributed by atoms with Crippen LogP contribution in [0.5, 0.6) is 0 Å². The van der Waals surface area contributed by atoms with Crippen molar-refractivity contribution in [3.8, 4) is 0 Å². The van der Waals surface area contributed by atoms with Crippen molar-refractivity contribution in [2.24, 2.45) is 17.3 Å². The van der Waals surface area contributed by atoms with Crippen molar-refractivity contribution in [2.75, 3.05) is 13.6 Å². The minimum atomic E-state index is 0.464. The van der Waals surface area contributed by atoms with Crippen molar-refractivity contribution >= 4 is 0 Å². The maximum Gasteiger partial charge on any atom is -0.00184 e. The first kappa shape index (κ1) is 12.0. The van der Waals surface area contributed by atoms with Crippen LogP contribution in [0.4, 0.5) is 0 Å². The average Bonchev–Trinajstić information content (AvgIpc) is 2.54. The minimum absolute atomic E-state index is 0.464. The van der Waals surface area contributed by atoms with Crippen LogP contribution in [-0.4, -0.2) is 13.6 Å². The maximum absolute atomic E-state index is 3.35. The molecule has 1 atom stereocenters. The molecule has 0 bridgehead atoms. The van der Waals surface area contributed by atoms with E-state index in [1.54, 1.807) is 0 Å². The summed E-state index contributed by atoms with van der Waals surface area (Å²) in [5.41, 5.74) is 0.464. The molecule has 14 heavy (non-hydrogen) atoms. The van der Waals surface area contributed by atoms with Crippen LogP contribution in [0.25, 0.3) is 0 Å². The lowest BCUT2D eigenvalue weighted by molar-refractivity contribution is 0.193. The monoisotopic (exact) mass is 197 g/mol. The van der Waals surface area contributed by atoms with E-state index in [9.17, 15) is 0 Å². The molecule has 0 aromatic rings. The molecule has 1 heteroatoms. The highest BCUT2D eigenvalue weighted by molar-refractivity contribution is 4.80. The lowest BCUT2D eigenvalue weighted by atomic mass is 9.75. The molecule has 1 aliphatic carbocycles. The van der Waals surface area contributed by atoms with E-state index in [0.29, 0.717) is 5.41 Å². The van der Waals surface area contributed by atoms with Crippen LogP contribution in [0.1, 0.15) is 52.9 Å².